The molecule has 0 atom stereocenters. The molecule has 0 fully saturated rings. The first-order valence-electron chi connectivity index (χ1n) is 7.65. The zero-order chi connectivity index (χ0) is 16.4. The van der Waals surface area contributed by atoms with Gasteiger partial charge in [-0.15, -0.1) is 11.3 Å². The average Bonchev–Trinajstić information content (AvgIpc) is 3.22. The first kappa shape index (κ1) is 14.7. The average molecular weight is 332 g/mol. The molecule has 1 N–H and O–H groups in total. The lowest BCUT2D eigenvalue weighted by atomic mass is 10.2. The second kappa shape index (κ2) is 6.29. The normalized spacial score (nSPS) is 11.4. The minimum atomic E-state index is 0.783. The first-order valence-corrected chi connectivity index (χ1v) is 8.53. The fraction of sp³-hybridized carbons (Fsp3) is 0.0526. The number of thiazole rings is 1. The number of hydrogen-bond acceptors (Lipinski definition) is 4. The summed E-state index contributed by atoms with van der Waals surface area (Å²) >= 11 is 1.55. The van der Waals surface area contributed by atoms with Crippen molar-refractivity contribution in [1.82, 2.24) is 9.55 Å². The highest BCUT2D eigenvalue weighted by molar-refractivity contribution is 7.14. The van der Waals surface area contributed by atoms with Crippen LogP contribution in [0, 0.1) is 0 Å². The number of benzene rings is 2. The van der Waals surface area contributed by atoms with Gasteiger partial charge in [0, 0.05) is 40.7 Å². The molecule has 0 saturated carbocycles. The highest BCUT2D eigenvalue weighted by Gasteiger charge is 2.04. The maximum Gasteiger partial charge on any atom is 0.203 e. The number of para-hydroxylation sites is 1. The largest absolute Gasteiger partial charge is 0.350 e. The first-order chi connectivity index (χ1) is 11.8. The summed E-state index contributed by atoms with van der Waals surface area (Å²) in [6.07, 6.45) is 3.92. The van der Waals surface area contributed by atoms with E-state index in [9.17, 15) is 0 Å². The van der Waals surface area contributed by atoms with Crippen molar-refractivity contribution in [3.8, 4) is 11.3 Å². The highest BCUT2D eigenvalue weighted by Crippen LogP contribution is 2.24. The Morgan fingerprint density at radius 2 is 1.88 bits per heavy atom. The number of hydrazone groups is 1. The number of anilines is 1. The van der Waals surface area contributed by atoms with E-state index in [-0.39, 0.29) is 0 Å². The van der Waals surface area contributed by atoms with Crippen LogP contribution in [0.3, 0.4) is 0 Å². The molecule has 4 nitrogen and oxygen atoms in total. The smallest absolute Gasteiger partial charge is 0.203 e. The van der Waals surface area contributed by atoms with Gasteiger partial charge in [-0.1, -0.05) is 48.5 Å². The molecule has 0 radical (unpaired) electrons. The number of aryl methyl sites for hydroxylation is 1. The Bertz CT molecular complexity index is 999. The third-order valence-electron chi connectivity index (χ3n) is 3.87. The predicted octanol–water partition coefficient (Wildman–Crippen LogP) is 4.75. The minimum absolute atomic E-state index is 0.783. The Morgan fingerprint density at radius 1 is 1.08 bits per heavy atom. The maximum atomic E-state index is 4.57. The molecule has 0 saturated heterocycles. The molecule has 24 heavy (non-hydrogen) atoms. The van der Waals surface area contributed by atoms with Gasteiger partial charge in [0.25, 0.3) is 0 Å². The number of hydrogen-bond donors (Lipinski definition) is 1. The van der Waals surface area contributed by atoms with Crippen LogP contribution in [-0.2, 0) is 7.05 Å². The number of rotatable bonds is 4. The van der Waals surface area contributed by atoms with Crippen LogP contribution in [0.25, 0.3) is 22.2 Å². The van der Waals surface area contributed by atoms with Crippen LogP contribution in [0.5, 0.6) is 0 Å². The van der Waals surface area contributed by atoms with Crippen molar-refractivity contribution < 1.29 is 0 Å². The molecule has 4 rings (SSSR count). The van der Waals surface area contributed by atoms with E-state index in [1.807, 2.05) is 49.0 Å². The number of aromatic nitrogens is 2. The van der Waals surface area contributed by atoms with Crippen molar-refractivity contribution >= 4 is 33.6 Å². The topological polar surface area (TPSA) is 42.2 Å². The zero-order valence-electron chi connectivity index (χ0n) is 13.2. The van der Waals surface area contributed by atoms with Crippen molar-refractivity contribution in [1.29, 1.82) is 0 Å². The van der Waals surface area contributed by atoms with Gasteiger partial charge in [-0.3, -0.25) is 5.43 Å². The second-order valence-corrected chi connectivity index (χ2v) is 6.34. The van der Waals surface area contributed by atoms with Gasteiger partial charge >= 0.3 is 0 Å². The van der Waals surface area contributed by atoms with E-state index in [4.69, 9.17) is 0 Å². The summed E-state index contributed by atoms with van der Waals surface area (Å²) in [4.78, 5) is 4.57. The van der Waals surface area contributed by atoms with Crippen molar-refractivity contribution in [2.24, 2.45) is 12.1 Å². The summed E-state index contributed by atoms with van der Waals surface area (Å²) in [6.45, 7) is 0. The quantitative estimate of drug-likeness (QED) is 0.433. The molecule has 2 heterocycles. The molecule has 0 aliphatic rings. The summed E-state index contributed by atoms with van der Waals surface area (Å²) in [6, 6.07) is 18.4. The van der Waals surface area contributed by atoms with Crippen LogP contribution in [0.15, 0.2) is 71.3 Å². The van der Waals surface area contributed by atoms with Crippen molar-refractivity contribution in [3.05, 3.63) is 71.7 Å². The number of nitrogens with one attached hydrogen (secondary N) is 1. The van der Waals surface area contributed by atoms with Crippen molar-refractivity contribution in [2.45, 2.75) is 0 Å². The van der Waals surface area contributed by atoms with E-state index in [1.165, 1.54) is 10.9 Å². The molecule has 118 valence electrons. The monoisotopic (exact) mass is 332 g/mol. The van der Waals surface area contributed by atoms with E-state index in [1.54, 1.807) is 11.3 Å². The van der Waals surface area contributed by atoms with Gasteiger partial charge in [-0.05, 0) is 6.07 Å². The summed E-state index contributed by atoms with van der Waals surface area (Å²) in [7, 11) is 2.04. The van der Waals surface area contributed by atoms with E-state index in [0.717, 1.165) is 22.0 Å². The molecule has 4 aromatic rings. The molecular formula is C19H16N4S. The Balaban J connectivity index is 1.52. The standard InChI is InChI=1S/C19H16N4S/c1-23-12-15(16-9-5-6-10-18(16)23)11-20-22-19-21-17(13-24-19)14-7-3-2-4-8-14/h2-13H,1H3,(H,21,22)/b20-11+. The summed E-state index contributed by atoms with van der Waals surface area (Å²) in [5, 5.41) is 8.35. The zero-order valence-corrected chi connectivity index (χ0v) is 14.0. The molecule has 0 aliphatic carbocycles. The maximum absolute atomic E-state index is 4.57. The van der Waals surface area contributed by atoms with Gasteiger partial charge in [0.1, 0.15) is 0 Å². The summed E-state index contributed by atoms with van der Waals surface area (Å²) < 4.78 is 2.10. The van der Waals surface area contributed by atoms with Gasteiger partial charge in [-0.2, -0.15) is 5.10 Å². The fourth-order valence-electron chi connectivity index (χ4n) is 2.70. The van der Waals surface area contributed by atoms with E-state index in [0.29, 0.717) is 0 Å². The Morgan fingerprint density at radius 3 is 2.75 bits per heavy atom. The summed E-state index contributed by atoms with van der Waals surface area (Å²) in [5.74, 6) is 0. The SMILES string of the molecule is Cn1cc(/C=N/Nc2nc(-c3ccccc3)cs2)c2ccccc21. The van der Waals surface area contributed by atoms with Crippen molar-refractivity contribution in [3.63, 3.8) is 0 Å². The Hall–Kier alpha value is -2.92. The van der Waals surface area contributed by atoms with Crippen LogP contribution >= 0.6 is 11.3 Å². The predicted molar refractivity (Wildman–Crippen MR) is 102 cm³/mol. The summed E-state index contributed by atoms with van der Waals surface area (Å²) in [5.41, 5.74) is 7.38. The van der Waals surface area contributed by atoms with Gasteiger partial charge < -0.3 is 4.57 Å². The molecule has 0 aliphatic heterocycles. The van der Waals surface area contributed by atoms with E-state index in [2.05, 4.69) is 50.5 Å². The minimum Gasteiger partial charge on any atom is -0.350 e. The lowest BCUT2D eigenvalue weighted by Crippen LogP contribution is -1.89. The molecule has 5 heteroatoms. The molecule has 0 amide bonds. The van der Waals surface area contributed by atoms with Crippen LogP contribution in [0.2, 0.25) is 0 Å². The van der Waals surface area contributed by atoms with Crippen molar-refractivity contribution in [2.75, 3.05) is 5.43 Å². The third kappa shape index (κ3) is 2.81. The molecule has 2 aromatic carbocycles. The van der Waals surface area contributed by atoms with Gasteiger partial charge in [0.15, 0.2) is 0 Å². The molecule has 0 bridgehead atoms. The Labute approximate surface area is 144 Å². The number of nitrogens with zero attached hydrogens (tertiary/aromatic N) is 3. The fourth-order valence-corrected chi connectivity index (χ4v) is 3.37. The third-order valence-corrected chi connectivity index (χ3v) is 4.61. The highest BCUT2D eigenvalue weighted by atomic mass is 32.1. The van der Waals surface area contributed by atoms with Crippen LogP contribution in [-0.4, -0.2) is 15.8 Å². The van der Waals surface area contributed by atoms with Gasteiger partial charge in [0.2, 0.25) is 5.13 Å². The molecular weight excluding hydrogens is 316 g/mol. The van der Waals surface area contributed by atoms with Crippen LogP contribution in [0.4, 0.5) is 5.13 Å². The Kier molecular flexibility index (Phi) is 3.84. The lowest BCUT2D eigenvalue weighted by molar-refractivity contribution is 0.968. The number of fused-ring (bicyclic) bond motifs is 1. The second-order valence-electron chi connectivity index (χ2n) is 5.49. The van der Waals surface area contributed by atoms with E-state index < -0.39 is 0 Å². The van der Waals surface area contributed by atoms with Gasteiger partial charge in [0.05, 0.1) is 11.9 Å². The molecule has 0 spiro atoms. The van der Waals surface area contributed by atoms with Gasteiger partial charge in [-0.25, -0.2) is 4.98 Å². The molecule has 2 aromatic heterocycles. The lowest BCUT2D eigenvalue weighted by Gasteiger charge is -1.95. The van der Waals surface area contributed by atoms with Crippen LogP contribution < -0.4 is 5.43 Å². The van der Waals surface area contributed by atoms with E-state index >= 15 is 0 Å². The molecule has 0 unspecified atom stereocenters. The van der Waals surface area contributed by atoms with Crippen LogP contribution in [0.1, 0.15) is 5.56 Å².